The first-order valence-electron chi connectivity index (χ1n) is 10.3. The van der Waals surface area contributed by atoms with Crippen molar-refractivity contribution in [1.29, 1.82) is 0 Å². The zero-order valence-electron chi connectivity index (χ0n) is 16.7. The standard InChI is InChI=1S/C24H33NO2/c1-19(2)18-27-22-13-11-21(12-14-22)24(26)23(20-9-5-3-6-10-20)17-25-15-7-4-8-16-25/h3,5-6,9-14,19,23-24,26H,4,7-8,15-18H2,1-2H3/t23-,24-/m0/s1. The normalized spacial score (nSPS) is 17.6. The predicted molar refractivity (Wildman–Crippen MR) is 111 cm³/mol. The Bertz CT molecular complexity index is 663. The van der Waals surface area contributed by atoms with E-state index in [9.17, 15) is 5.11 Å². The van der Waals surface area contributed by atoms with E-state index in [1.54, 1.807) is 0 Å². The Kier molecular flexibility index (Phi) is 7.31. The highest BCUT2D eigenvalue weighted by Crippen LogP contribution is 2.33. The van der Waals surface area contributed by atoms with Crippen LogP contribution in [0.1, 0.15) is 56.3 Å². The van der Waals surface area contributed by atoms with E-state index in [0.29, 0.717) is 12.5 Å². The predicted octanol–water partition coefficient (Wildman–Crippen LogP) is 5.02. The van der Waals surface area contributed by atoms with Crippen molar-refractivity contribution in [2.24, 2.45) is 5.92 Å². The average Bonchev–Trinajstić information content (AvgIpc) is 2.72. The van der Waals surface area contributed by atoms with Gasteiger partial charge in [-0.05, 0) is 55.1 Å². The summed E-state index contributed by atoms with van der Waals surface area (Å²) >= 11 is 0. The molecular formula is C24H33NO2. The second kappa shape index (κ2) is 9.91. The molecule has 3 heteroatoms. The molecule has 0 radical (unpaired) electrons. The molecule has 1 heterocycles. The van der Waals surface area contributed by atoms with E-state index in [0.717, 1.165) is 30.9 Å². The van der Waals surface area contributed by atoms with Gasteiger partial charge in [-0.25, -0.2) is 0 Å². The highest BCUT2D eigenvalue weighted by Gasteiger charge is 2.26. The lowest BCUT2D eigenvalue weighted by Crippen LogP contribution is -2.35. The fraction of sp³-hybridized carbons (Fsp3) is 0.500. The number of ether oxygens (including phenoxy) is 1. The Balaban J connectivity index is 1.74. The van der Waals surface area contributed by atoms with Gasteiger partial charge in [0, 0.05) is 12.5 Å². The zero-order chi connectivity index (χ0) is 19.1. The lowest BCUT2D eigenvalue weighted by molar-refractivity contribution is 0.109. The molecule has 146 valence electrons. The van der Waals surface area contributed by atoms with E-state index in [1.807, 2.05) is 30.3 Å². The van der Waals surface area contributed by atoms with Gasteiger partial charge in [0.1, 0.15) is 5.75 Å². The van der Waals surface area contributed by atoms with Crippen molar-refractivity contribution >= 4 is 0 Å². The Morgan fingerprint density at radius 3 is 2.19 bits per heavy atom. The summed E-state index contributed by atoms with van der Waals surface area (Å²) in [7, 11) is 0. The van der Waals surface area contributed by atoms with E-state index in [-0.39, 0.29) is 5.92 Å². The molecule has 1 aliphatic rings. The molecule has 3 rings (SSSR count). The second-order valence-electron chi connectivity index (χ2n) is 8.10. The van der Waals surface area contributed by atoms with Gasteiger partial charge in [0.2, 0.25) is 0 Å². The average molecular weight is 368 g/mol. The molecule has 3 nitrogen and oxygen atoms in total. The largest absolute Gasteiger partial charge is 0.493 e. The number of rotatable bonds is 8. The van der Waals surface area contributed by atoms with Crippen LogP contribution in [0.25, 0.3) is 0 Å². The van der Waals surface area contributed by atoms with Crippen LogP contribution in [0.15, 0.2) is 54.6 Å². The molecular weight excluding hydrogens is 334 g/mol. The molecule has 1 N–H and O–H groups in total. The number of likely N-dealkylation sites (tertiary alicyclic amines) is 1. The third kappa shape index (κ3) is 5.82. The first kappa shape index (κ1) is 19.9. The van der Waals surface area contributed by atoms with Crippen LogP contribution < -0.4 is 4.74 Å². The van der Waals surface area contributed by atoms with Crippen molar-refractivity contribution in [3.05, 3.63) is 65.7 Å². The number of aliphatic hydroxyl groups excluding tert-OH is 1. The quantitative estimate of drug-likeness (QED) is 0.711. The van der Waals surface area contributed by atoms with Crippen LogP contribution in [0.3, 0.4) is 0 Å². The monoisotopic (exact) mass is 367 g/mol. The molecule has 2 atom stereocenters. The Morgan fingerprint density at radius 2 is 1.56 bits per heavy atom. The van der Waals surface area contributed by atoms with E-state index in [1.165, 1.54) is 24.8 Å². The molecule has 1 fully saturated rings. The van der Waals surface area contributed by atoms with Crippen LogP contribution in [-0.2, 0) is 0 Å². The highest BCUT2D eigenvalue weighted by atomic mass is 16.5. The lowest BCUT2D eigenvalue weighted by Gasteiger charge is -2.33. The molecule has 1 saturated heterocycles. The Hall–Kier alpha value is -1.84. The number of aliphatic hydroxyl groups is 1. The minimum absolute atomic E-state index is 0.0757. The van der Waals surface area contributed by atoms with Gasteiger partial charge in [-0.1, -0.05) is 62.7 Å². The second-order valence-corrected chi connectivity index (χ2v) is 8.10. The maximum atomic E-state index is 11.2. The minimum atomic E-state index is -0.520. The molecule has 0 spiro atoms. The van der Waals surface area contributed by atoms with Crippen LogP contribution in [0.4, 0.5) is 0 Å². The van der Waals surface area contributed by atoms with Gasteiger partial charge in [-0.3, -0.25) is 0 Å². The Morgan fingerprint density at radius 1 is 0.889 bits per heavy atom. The summed E-state index contributed by atoms with van der Waals surface area (Å²) in [6.07, 6.45) is 3.33. The van der Waals surface area contributed by atoms with Crippen molar-refractivity contribution in [3.63, 3.8) is 0 Å². The summed E-state index contributed by atoms with van der Waals surface area (Å²) in [5.74, 6) is 1.45. The molecule has 0 unspecified atom stereocenters. The van der Waals surface area contributed by atoms with Crippen LogP contribution in [0.5, 0.6) is 5.75 Å². The van der Waals surface area contributed by atoms with Crippen LogP contribution in [0, 0.1) is 5.92 Å². The van der Waals surface area contributed by atoms with Gasteiger partial charge in [0.25, 0.3) is 0 Å². The first-order valence-corrected chi connectivity index (χ1v) is 10.3. The van der Waals surface area contributed by atoms with Gasteiger partial charge in [0.05, 0.1) is 12.7 Å². The van der Waals surface area contributed by atoms with Crippen molar-refractivity contribution in [2.75, 3.05) is 26.2 Å². The molecule has 27 heavy (non-hydrogen) atoms. The number of hydrogen-bond acceptors (Lipinski definition) is 3. The van der Waals surface area contributed by atoms with Gasteiger partial charge >= 0.3 is 0 Å². The lowest BCUT2D eigenvalue weighted by atomic mass is 9.88. The first-order chi connectivity index (χ1) is 13.1. The van der Waals surface area contributed by atoms with Gasteiger partial charge < -0.3 is 14.7 Å². The van der Waals surface area contributed by atoms with Gasteiger partial charge in [-0.2, -0.15) is 0 Å². The minimum Gasteiger partial charge on any atom is -0.493 e. The summed E-state index contributed by atoms with van der Waals surface area (Å²) in [5.41, 5.74) is 2.16. The third-order valence-corrected chi connectivity index (χ3v) is 5.32. The summed E-state index contributed by atoms with van der Waals surface area (Å²) in [5, 5.41) is 11.2. The topological polar surface area (TPSA) is 32.7 Å². The van der Waals surface area contributed by atoms with E-state index < -0.39 is 6.10 Å². The van der Waals surface area contributed by atoms with E-state index in [2.05, 4.69) is 43.0 Å². The SMILES string of the molecule is CC(C)COc1ccc([C@H](O)[C@@H](CN2CCCCC2)c2ccccc2)cc1. The van der Waals surface area contributed by atoms with Crippen molar-refractivity contribution in [2.45, 2.75) is 45.1 Å². The molecule has 0 amide bonds. The van der Waals surface area contributed by atoms with E-state index >= 15 is 0 Å². The molecule has 2 aromatic carbocycles. The van der Waals surface area contributed by atoms with Crippen molar-refractivity contribution < 1.29 is 9.84 Å². The van der Waals surface area contributed by atoms with Crippen molar-refractivity contribution in [1.82, 2.24) is 4.90 Å². The number of benzene rings is 2. The Labute approximate surface area is 164 Å². The van der Waals surface area contributed by atoms with E-state index in [4.69, 9.17) is 4.74 Å². The fourth-order valence-corrected chi connectivity index (χ4v) is 3.76. The number of nitrogens with zero attached hydrogens (tertiary/aromatic N) is 1. The maximum Gasteiger partial charge on any atom is 0.119 e. The van der Waals surface area contributed by atoms with Gasteiger partial charge in [-0.15, -0.1) is 0 Å². The third-order valence-electron chi connectivity index (χ3n) is 5.32. The van der Waals surface area contributed by atoms with Crippen LogP contribution >= 0.6 is 0 Å². The summed E-state index contributed by atoms with van der Waals surface area (Å²) < 4.78 is 5.78. The fourth-order valence-electron chi connectivity index (χ4n) is 3.76. The molecule has 0 bridgehead atoms. The molecule has 0 saturated carbocycles. The van der Waals surface area contributed by atoms with Crippen molar-refractivity contribution in [3.8, 4) is 5.75 Å². The van der Waals surface area contributed by atoms with Gasteiger partial charge in [0.15, 0.2) is 0 Å². The highest BCUT2D eigenvalue weighted by molar-refractivity contribution is 5.32. The zero-order valence-corrected chi connectivity index (χ0v) is 16.7. The molecule has 0 aromatic heterocycles. The maximum absolute atomic E-state index is 11.2. The molecule has 1 aliphatic heterocycles. The summed E-state index contributed by atoms with van der Waals surface area (Å²) in [6.45, 7) is 8.17. The number of piperidine rings is 1. The van der Waals surface area contributed by atoms with Crippen LogP contribution in [0.2, 0.25) is 0 Å². The molecule has 0 aliphatic carbocycles. The smallest absolute Gasteiger partial charge is 0.119 e. The summed E-state index contributed by atoms with van der Waals surface area (Å²) in [4.78, 5) is 2.50. The molecule has 2 aromatic rings. The number of hydrogen-bond donors (Lipinski definition) is 1. The summed E-state index contributed by atoms with van der Waals surface area (Å²) in [6, 6.07) is 18.4. The van der Waals surface area contributed by atoms with Crippen LogP contribution in [-0.4, -0.2) is 36.2 Å².